The molecule has 1 fully saturated rings. The average Bonchev–Trinajstić information content (AvgIpc) is 2.73. The van der Waals surface area contributed by atoms with Crippen LogP contribution in [0.15, 0.2) is 29.3 Å². The SMILES string of the molecule is CCNC(=NCC(O)COc1cccc(C)c1)N1CCC(OCCCOC)CC1.I. The molecule has 1 aromatic carbocycles. The molecule has 0 saturated carbocycles. The van der Waals surface area contributed by atoms with Gasteiger partial charge < -0.3 is 29.5 Å². The molecule has 0 bridgehead atoms. The van der Waals surface area contributed by atoms with Crippen LogP contribution < -0.4 is 10.1 Å². The van der Waals surface area contributed by atoms with E-state index in [-0.39, 0.29) is 30.6 Å². The van der Waals surface area contributed by atoms with E-state index in [1.54, 1.807) is 7.11 Å². The van der Waals surface area contributed by atoms with Gasteiger partial charge >= 0.3 is 0 Å². The normalized spacial score (nSPS) is 16.1. The van der Waals surface area contributed by atoms with Crippen molar-refractivity contribution in [1.82, 2.24) is 10.2 Å². The molecule has 1 aliphatic heterocycles. The topological polar surface area (TPSA) is 75.6 Å². The van der Waals surface area contributed by atoms with Crippen LogP contribution in [0.25, 0.3) is 0 Å². The molecule has 0 spiro atoms. The number of aliphatic hydroxyl groups excluding tert-OH is 1. The lowest BCUT2D eigenvalue weighted by molar-refractivity contribution is 0.00984. The van der Waals surface area contributed by atoms with Gasteiger partial charge in [0.1, 0.15) is 18.5 Å². The van der Waals surface area contributed by atoms with Gasteiger partial charge in [0.15, 0.2) is 5.96 Å². The van der Waals surface area contributed by atoms with Gasteiger partial charge in [0.05, 0.1) is 12.6 Å². The van der Waals surface area contributed by atoms with Gasteiger partial charge in [-0.1, -0.05) is 12.1 Å². The van der Waals surface area contributed by atoms with Crippen molar-refractivity contribution in [3.05, 3.63) is 29.8 Å². The van der Waals surface area contributed by atoms with Crippen LogP contribution in [0.4, 0.5) is 0 Å². The first-order chi connectivity index (χ1) is 14.1. The Morgan fingerprint density at radius 2 is 2.07 bits per heavy atom. The molecular weight excluding hydrogens is 497 g/mol. The van der Waals surface area contributed by atoms with E-state index in [9.17, 15) is 5.11 Å². The average molecular weight is 535 g/mol. The number of aryl methyl sites for hydroxylation is 1. The summed E-state index contributed by atoms with van der Waals surface area (Å²) in [6.45, 7) is 8.69. The second-order valence-electron chi connectivity index (χ2n) is 7.38. The third-order valence-electron chi connectivity index (χ3n) is 4.81. The predicted molar refractivity (Wildman–Crippen MR) is 131 cm³/mol. The molecule has 0 aliphatic carbocycles. The molecule has 1 aliphatic rings. The molecule has 172 valence electrons. The number of aliphatic hydroxyl groups is 1. The van der Waals surface area contributed by atoms with E-state index in [1.807, 2.05) is 31.2 Å². The Balaban J connectivity index is 0.00000450. The third-order valence-corrected chi connectivity index (χ3v) is 4.81. The van der Waals surface area contributed by atoms with Crippen LogP contribution >= 0.6 is 24.0 Å². The minimum Gasteiger partial charge on any atom is -0.491 e. The van der Waals surface area contributed by atoms with Crippen molar-refractivity contribution in [2.45, 2.75) is 45.3 Å². The number of ether oxygens (including phenoxy) is 3. The molecule has 1 unspecified atom stereocenters. The molecule has 1 atom stereocenters. The molecule has 2 rings (SSSR count). The van der Waals surface area contributed by atoms with Crippen LogP contribution in [0.3, 0.4) is 0 Å². The number of halogens is 1. The monoisotopic (exact) mass is 535 g/mol. The number of aliphatic imine (C=N–C) groups is 1. The van der Waals surface area contributed by atoms with Crippen molar-refractivity contribution in [1.29, 1.82) is 0 Å². The Morgan fingerprint density at radius 3 is 2.73 bits per heavy atom. The molecule has 1 aromatic rings. The Kier molecular flexibility index (Phi) is 14.1. The summed E-state index contributed by atoms with van der Waals surface area (Å²) in [7, 11) is 1.71. The number of hydrogen-bond acceptors (Lipinski definition) is 5. The number of nitrogens with one attached hydrogen (secondary N) is 1. The van der Waals surface area contributed by atoms with Gasteiger partial charge in [-0.05, 0) is 50.8 Å². The maximum Gasteiger partial charge on any atom is 0.194 e. The summed E-state index contributed by atoms with van der Waals surface area (Å²) in [5.41, 5.74) is 1.13. The van der Waals surface area contributed by atoms with E-state index in [2.05, 4.69) is 22.1 Å². The number of piperidine rings is 1. The van der Waals surface area contributed by atoms with Crippen molar-refractivity contribution in [2.75, 3.05) is 53.1 Å². The number of nitrogens with zero attached hydrogens (tertiary/aromatic N) is 2. The van der Waals surface area contributed by atoms with E-state index in [0.29, 0.717) is 12.6 Å². The van der Waals surface area contributed by atoms with Crippen LogP contribution in [-0.4, -0.2) is 81.3 Å². The summed E-state index contributed by atoms with van der Waals surface area (Å²) >= 11 is 0. The van der Waals surface area contributed by atoms with Gasteiger partial charge in [-0.15, -0.1) is 24.0 Å². The first-order valence-electron chi connectivity index (χ1n) is 10.6. The number of benzene rings is 1. The number of methoxy groups -OCH3 is 1. The zero-order valence-electron chi connectivity index (χ0n) is 18.5. The molecular formula is C22H38IN3O4. The van der Waals surface area contributed by atoms with E-state index in [1.165, 1.54) is 0 Å². The van der Waals surface area contributed by atoms with E-state index < -0.39 is 6.10 Å². The maximum atomic E-state index is 10.3. The fourth-order valence-corrected chi connectivity index (χ4v) is 3.26. The quantitative estimate of drug-likeness (QED) is 0.197. The fourth-order valence-electron chi connectivity index (χ4n) is 3.26. The van der Waals surface area contributed by atoms with Crippen LogP contribution in [0, 0.1) is 6.92 Å². The number of rotatable bonds is 11. The highest BCUT2D eigenvalue weighted by atomic mass is 127. The molecule has 1 saturated heterocycles. The van der Waals surface area contributed by atoms with Gasteiger partial charge in [0, 0.05) is 40.0 Å². The first kappa shape index (κ1) is 26.9. The highest BCUT2D eigenvalue weighted by molar-refractivity contribution is 14.0. The molecule has 0 aromatic heterocycles. The Bertz CT molecular complexity index is 610. The maximum absolute atomic E-state index is 10.3. The van der Waals surface area contributed by atoms with E-state index in [0.717, 1.165) is 69.4 Å². The van der Waals surface area contributed by atoms with Crippen LogP contribution in [0.1, 0.15) is 31.7 Å². The van der Waals surface area contributed by atoms with Gasteiger partial charge in [0.25, 0.3) is 0 Å². The largest absolute Gasteiger partial charge is 0.491 e. The second kappa shape index (κ2) is 15.7. The van der Waals surface area contributed by atoms with Crippen LogP contribution in [0.5, 0.6) is 5.75 Å². The minimum atomic E-state index is -0.647. The van der Waals surface area contributed by atoms with Crippen molar-refractivity contribution in [2.24, 2.45) is 4.99 Å². The molecule has 7 nitrogen and oxygen atoms in total. The lowest BCUT2D eigenvalue weighted by atomic mass is 10.1. The van der Waals surface area contributed by atoms with E-state index in [4.69, 9.17) is 14.2 Å². The van der Waals surface area contributed by atoms with Crippen molar-refractivity contribution >= 4 is 29.9 Å². The molecule has 2 N–H and O–H groups in total. The zero-order valence-corrected chi connectivity index (χ0v) is 20.8. The summed E-state index contributed by atoms with van der Waals surface area (Å²) in [6.07, 6.45) is 2.56. The van der Waals surface area contributed by atoms with Crippen molar-refractivity contribution in [3.63, 3.8) is 0 Å². The highest BCUT2D eigenvalue weighted by Crippen LogP contribution is 2.15. The van der Waals surface area contributed by atoms with Crippen molar-refractivity contribution < 1.29 is 19.3 Å². The summed E-state index contributed by atoms with van der Waals surface area (Å²) in [5, 5.41) is 13.6. The van der Waals surface area contributed by atoms with Gasteiger partial charge in [0.2, 0.25) is 0 Å². The molecule has 8 heteroatoms. The van der Waals surface area contributed by atoms with Gasteiger partial charge in [-0.3, -0.25) is 4.99 Å². The Morgan fingerprint density at radius 1 is 1.30 bits per heavy atom. The summed E-state index contributed by atoms with van der Waals surface area (Å²) < 4.78 is 16.7. The molecule has 0 radical (unpaired) electrons. The predicted octanol–water partition coefficient (Wildman–Crippen LogP) is 2.84. The number of hydrogen-bond donors (Lipinski definition) is 2. The molecule has 30 heavy (non-hydrogen) atoms. The van der Waals surface area contributed by atoms with Crippen molar-refractivity contribution in [3.8, 4) is 5.75 Å². The summed E-state index contributed by atoms with van der Waals surface area (Å²) in [5.74, 6) is 1.62. The summed E-state index contributed by atoms with van der Waals surface area (Å²) in [4.78, 5) is 6.87. The standard InChI is InChI=1S/C22H37N3O4.HI/c1-4-23-22(25-11-9-20(10-12-25)28-14-6-13-27-3)24-16-19(26)17-29-21-8-5-7-18(2)15-21;/h5,7-8,15,19-20,26H,4,6,9-14,16-17H2,1-3H3,(H,23,24);1H. The highest BCUT2D eigenvalue weighted by Gasteiger charge is 2.22. The zero-order chi connectivity index (χ0) is 20.9. The molecule has 0 amide bonds. The van der Waals surface area contributed by atoms with Gasteiger partial charge in [-0.25, -0.2) is 0 Å². The number of likely N-dealkylation sites (tertiary alicyclic amines) is 1. The smallest absolute Gasteiger partial charge is 0.194 e. The lowest BCUT2D eigenvalue weighted by Gasteiger charge is -2.34. The van der Waals surface area contributed by atoms with E-state index >= 15 is 0 Å². The minimum absolute atomic E-state index is 0. The van der Waals surface area contributed by atoms with Gasteiger partial charge in [-0.2, -0.15) is 0 Å². The van der Waals surface area contributed by atoms with Crippen LogP contribution in [0.2, 0.25) is 0 Å². The fraction of sp³-hybridized carbons (Fsp3) is 0.682. The first-order valence-corrected chi connectivity index (χ1v) is 10.6. The molecule has 1 heterocycles. The summed E-state index contributed by atoms with van der Waals surface area (Å²) in [6, 6.07) is 7.82. The third kappa shape index (κ3) is 10.3. The number of guanidine groups is 1. The Labute approximate surface area is 198 Å². The second-order valence-corrected chi connectivity index (χ2v) is 7.38. The van der Waals surface area contributed by atoms with Crippen LogP contribution in [-0.2, 0) is 9.47 Å². The lowest BCUT2D eigenvalue weighted by Crippen LogP contribution is -2.47. The Hall–Kier alpha value is -1.10.